The van der Waals surface area contributed by atoms with Crippen LogP contribution in [0.3, 0.4) is 0 Å². The molecule has 52 valence electrons. The first kappa shape index (κ1) is 6.42. The molecule has 0 fully saturated rings. The lowest BCUT2D eigenvalue weighted by Gasteiger charge is -2.23. The average molecular weight is 128 g/mol. The van der Waals surface area contributed by atoms with E-state index >= 15 is 0 Å². The normalized spacial score (nSPS) is 20.4. The molecular formula is C6H12N2O. The lowest BCUT2D eigenvalue weighted by molar-refractivity contribution is 0.152. The van der Waals surface area contributed by atoms with Crippen LogP contribution in [-0.2, 0) is 4.74 Å². The van der Waals surface area contributed by atoms with Gasteiger partial charge in [-0.1, -0.05) is 0 Å². The maximum Gasteiger partial charge on any atom is 0.196 e. The van der Waals surface area contributed by atoms with Gasteiger partial charge in [0, 0.05) is 13.6 Å². The molecule has 1 rings (SSSR count). The Balaban J connectivity index is 2.43. The standard InChI is InChI=1S/C6H12N2O/c1-8-5-3-4-6(7-8)9-2/h4,7H,3,5H2,1-2H3. The summed E-state index contributed by atoms with van der Waals surface area (Å²) in [7, 11) is 3.66. The van der Waals surface area contributed by atoms with E-state index in [2.05, 4.69) is 5.43 Å². The quantitative estimate of drug-likeness (QED) is 0.550. The Kier molecular flexibility index (Phi) is 1.95. The summed E-state index contributed by atoms with van der Waals surface area (Å²) in [6.45, 7) is 1.05. The van der Waals surface area contributed by atoms with Crippen molar-refractivity contribution < 1.29 is 4.74 Å². The van der Waals surface area contributed by atoms with Crippen LogP contribution < -0.4 is 5.43 Å². The van der Waals surface area contributed by atoms with Crippen molar-refractivity contribution in [1.82, 2.24) is 10.4 Å². The van der Waals surface area contributed by atoms with Crippen LogP contribution >= 0.6 is 0 Å². The summed E-state index contributed by atoms with van der Waals surface area (Å²) >= 11 is 0. The molecule has 3 heteroatoms. The summed E-state index contributed by atoms with van der Waals surface area (Å²) in [4.78, 5) is 0. The number of ether oxygens (including phenoxy) is 1. The minimum Gasteiger partial charge on any atom is -0.482 e. The molecule has 0 radical (unpaired) electrons. The number of hydrogen-bond donors (Lipinski definition) is 1. The third-order valence-corrected chi connectivity index (χ3v) is 1.32. The Morgan fingerprint density at radius 3 is 3.00 bits per heavy atom. The van der Waals surface area contributed by atoms with E-state index in [9.17, 15) is 0 Å². The molecule has 3 nitrogen and oxygen atoms in total. The van der Waals surface area contributed by atoms with Gasteiger partial charge in [0.05, 0.1) is 7.11 Å². The number of nitrogens with one attached hydrogen (secondary N) is 1. The maximum atomic E-state index is 4.97. The van der Waals surface area contributed by atoms with Gasteiger partial charge < -0.3 is 4.74 Å². The molecule has 0 atom stereocenters. The van der Waals surface area contributed by atoms with Gasteiger partial charge in [-0.25, -0.2) is 5.01 Å². The molecule has 1 aliphatic rings. The van der Waals surface area contributed by atoms with Gasteiger partial charge in [0.25, 0.3) is 0 Å². The van der Waals surface area contributed by atoms with Crippen molar-refractivity contribution >= 4 is 0 Å². The smallest absolute Gasteiger partial charge is 0.196 e. The number of nitrogens with zero attached hydrogens (tertiary/aromatic N) is 1. The van der Waals surface area contributed by atoms with Crippen LogP contribution in [0.15, 0.2) is 12.0 Å². The Labute approximate surface area is 55.3 Å². The number of hydrogen-bond acceptors (Lipinski definition) is 3. The van der Waals surface area contributed by atoms with E-state index in [0.717, 1.165) is 18.8 Å². The van der Waals surface area contributed by atoms with E-state index in [1.807, 2.05) is 18.1 Å². The second-order valence-corrected chi connectivity index (χ2v) is 2.09. The summed E-state index contributed by atoms with van der Waals surface area (Å²) < 4.78 is 4.97. The zero-order chi connectivity index (χ0) is 6.69. The van der Waals surface area contributed by atoms with Crippen LogP contribution in [0.4, 0.5) is 0 Å². The molecule has 1 heterocycles. The highest BCUT2D eigenvalue weighted by molar-refractivity contribution is 4.92. The summed E-state index contributed by atoms with van der Waals surface area (Å²) in [5, 5.41) is 2.00. The van der Waals surface area contributed by atoms with Crippen molar-refractivity contribution in [2.45, 2.75) is 6.42 Å². The zero-order valence-electron chi connectivity index (χ0n) is 5.85. The second-order valence-electron chi connectivity index (χ2n) is 2.09. The number of rotatable bonds is 1. The second kappa shape index (κ2) is 2.73. The Hall–Kier alpha value is -0.700. The molecule has 0 aromatic rings. The molecule has 0 bridgehead atoms. The van der Waals surface area contributed by atoms with E-state index in [1.54, 1.807) is 7.11 Å². The molecule has 1 aliphatic heterocycles. The molecule has 0 aromatic heterocycles. The SMILES string of the molecule is COC1=CCCN(C)N1. The van der Waals surface area contributed by atoms with Crippen molar-refractivity contribution in [2.75, 3.05) is 20.7 Å². The Morgan fingerprint density at radius 2 is 2.56 bits per heavy atom. The summed E-state index contributed by atoms with van der Waals surface area (Å²) in [5.41, 5.74) is 3.04. The molecule has 0 amide bonds. The third-order valence-electron chi connectivity index (χ3n) is 1.32. The monoisotopic (exact) mass is 128 g/mol. The predicted octanol–water partition coefficient (Wildman–Crippen LogP) is 0.314. The molecule has 1 N–H and O–H groups in total. The molecule has 9 heavy (non-hydrogen) atoms. The fourth-order valence-electron chi connectivity index (χ4n) is 0.808. The van der Waals surface area contributed by atoms with Gasteiger partial charge in [-0.05, 0) is 12.5 Å². The van der Waals surface area contributed by atoms with Crippen LogP contribution in [0.2, 0.25) is 0 Å². The van der Waals surface area contributed by atoms with Gasteiger partial charge in [-0.15, -0.1) is 0 Å². The van der Waals surface area contributed by atoms with Gasteiger partial charge >= 0.3 is 0 Å². The summed E-state index contributed by atoms with van der Waals surface area (Å²) in [6, 6.07) is 0. The lowest BCUT2D eigenvalue weighted by Crippen LogP contribution is -2.37. The van der Waals surface area contributed by atoms with E-state index in [1.165, 1.54) is 0 Å². The van der Waals surface area contributed by atoms with Crippen molar-refractivity contribution in [3.8, 4) is 0 Å². The number of methoxy groups -OCH3 is 1. The first-order valence-electron chi connectivity index (χ1n) is 3.05. The minimum atomic E-state index is 0.851. The lowest BCUT2D eigenvalue weighted by atomic mass is 10.3. The fourth-order valence-corrected chi connectivity index (χ4v) is 0.808. The molecule has 0 aromatic carbocycles. The average Bonchev–Trinajstić information content (AvgIpc) is 1.88. The maximum absolute atomic E-state index is 4.97. The Bertz CT molecular complexity index is 122. The van der Waals surface area contributed by atoms with Crippen LogP contribution in [0, 0.1) is 0 Å². The van der Waals surface area contributed by atoms with Gasteiger partial charge in [-0.2, -0.15) is 0 Å². The summed E-state index contributed by atoms with van der Waals surface area (Å²) in [6.07, 6.45) is 3.10. The highest BCUT2D eigenvalue weighted by Crippen LogP contribution is 2.00. The topological polar surface area (TPSA) is 24.5 Å². The van der Waals surface area contributed by atoms with Crippen LogP contribution in [0.25, 0.3) is 0 Å². The van der Waals surface area contributed by atoms with Crippen LogP contribution in [-0.4, -0.2) is 25.7 Å². The zero-order valence-corrected chi connectivity index (χ0v) is 5.85. The van der Waals surface area contributed by atoms with E-state index in [0.29, 0.717) is 0 Å². The number of hydrazine groups is 1. The van der Waals surface area contributed by atoms with E-state index < -0.39 is 0 Å². The van der Waals surface area contributed by atoms with Gasteiger partial charge in [0.1, 0.15) is 0 Å². The van der Waals surface area contributed by atoms with E-state index in [4.69, 9.17) is 4.74 Å². The van der Waals surface area contributed by atoms with Gasteiger partial charge in [-0.3, -0.25) is 5.43 Å². The van der Waals surface area contributed by atoms with Crippen LogP contribution in [0.1, 0.15) is 6.42 Å². The van der Waals surface area contributed by atoms with Crippen molar-refractivity contribution in [3.05, 3.63) is 12.0 Å². The molecular weight excluding hydrogens is 116 g/mol. The molecule has 0 unspecified atom stereocenters. The van der Waals surface area contributed by atoms with E-state index in [-0.39, 0.29) is 0 Å². The molecule has 0 aliphatic carbocycles. The van der Waals surface area contributed by atoms with Gasteiger partial charge in [0.2, 0.25) is 0 Å². The first-order valence-corrected chi connectivity index (χ1v) is 3.05. The predicted molar refractivity (Wildman–Crippen MR) is 35.5 cm³/mol. The van der Waals surface area contributed by atoms with Gasteiger partial charge in [0.15, 0.2) is 5.88 Å². The molecule has 0 spiro atoms. The highest BCUT2D eigenvalue weighted by atomic mass is 16.5. The summed E-state index contributed by atoms with van der Waals surface area (Å²) in [5.74, 6) is 0.851. The third kappa shape index (κ3) is 1.61. The molecule has 0 saturated carbocycles. The highest BCUT2D eigenvalue weighted by Gasteiger charge is 2.04. The fraction of sp³-hybridized carbons (Fsp3) is 0.667. The van der Waals surface area contributed by atoms with Crippen molar-refractivity contribution in [1.29, 1.82) is 0 Å². The Morgan fingerprint density at radius 1 is 1.78 bits per heavy atom. The molecule has 0 saturated heterocycles. The minimum absolute atomic E-state index is 0.851. The van der Waals surface area contributed by atoms with Crippen molar-refractivity contribution in [2.24, 2.45) is 0 Å². The first-order chi connectivity index (χ1) is 4.33. The van der Waals surface area contributed by atoms with Crippen molar-refractivity contribution in [3.63, 3.8) is 0 Å². The largest absolute Gasteiger partial charge is 0.482 e. The van der Waals surface area contributed by atoms with Crippen LogP contribution in [0.5, 0.6) is 0 Å².